The monoisotopic (exact) mass is 223 g/mol. The highest BCUT2D eigenvalue weighted by Gasteiger charge is 2.34. The number of pyridine rings is 1. The molecule has 3 rings (SSSR count). The quantitative estimate of drug-likeness (QED) is 0.735. The number of rotatable bonds is 1. The number of halogens is 1. The minimum atomic E-state index is 0.569. The van der Waals surface area contributed by atoms with Gasteiger partial charge >= 0.3 is 0 Å². The van der Waals surface area contributed by atoms with E-state index < -0.39 is 0 Å². The third kappa shape index (κ3) is 1.70. The van der Waals surface area contributed by atoms with E-state index in [0.717, 1.165) is 13.1 Å². The van der Waals surface area contributed by atoms with E-state index in [1.54, 1.807) is 0 Å². The van der Waals surface area contributed by atoms with Crippen molar-refractivity contribution in [3.8, 4) is 0 Å². The molecular formula is C11H14ClN3. The van der Waals surface area contributed by atoms with Crippen LogP contribution in [0.5, 0.6) is 0 Å². The van der Waals surface area contributed by atoms with Gasteiger partial charge in [-0.3, -0.25) is 0 Å². The molecule has 2 saturated heterocycles. The summed E-state index contributed by atoms with van der Waals surface area (Å²) in [4.78, 5) is 6.59. The fraction of sp³-hybridized carbons (Fsp3) is 0.545. The number of nitrogens with zero attached hydrogens (tertiary/aromatic N) is 2. The maximum Gasteiger partial charge on any atom is 0.129 e. The predicted molar refractivity (Wildman–Crippen MR) is 61.4 cm³/mol. The van der Waals surface area contributed by atoms with Crippen molar-refractivity contribution in [1.29, 1.82) is 0 Å². The molecule has 4 heteroatoms. The van der Waals surface area contributed by atoms with Crippen LogP contribution in [-0.4, -0.2) is 30.2 Å². The fourth-order valence-electron chi connectivity index (χ4n) is 2.65. The van der Waals surface area contributed by atoms with Gasteiger partial charge in [-0.1, -0.05) is 11.6 Å². The molecular weight excluding hydrogens is 210 g/mol. The van der Waals surface area contributed by atoms with Crippen LogP contribution in [0.15, 0.2) is 18.3 Å². The Morgan fingerprint density at radius 2 is 2.40 bits per heavy atom. The summed E-state index contributed by atoms with van der Waals surface area (Å²) in [6, 6.07) is 5.29. The average Bonchev–Trinajstić information content (AvgIpc) is 2.55. The highest BCUT2D eigenvalue weighted by Crippen LogP contribution is 2.29. The molecule has 0 radical (unpaired) electrons. The molecule has 1 aromatic heterocycles. The SMILES string of the molecule is Clc1ccc(N2C[C@H]3C[C@@H]2CCN3)cn1. The van der Waals surface area contributed by atoms with Crippen molar-refractivity contribution in [2.24, 2.45) is 0 Å². The largest absolute Gasteiger partial charge is 0.366 e. The van der Waals surface area contributed by atoms with Gasteiger partial charge in [0.1, 0.15) is 5.15 Å². The normalized spacial score (nSPS) is 29.5. The van der Waals surface area contributed by atoms with Crippen LogP contribution in [0.4, 0.5) is 5.69 Å². The van der Waals surface area contributed by atoms with Crippen LogP contribution in [0, 0.1) is 0 Å². The molecule has 1 aromatic rings. The number of anilines is 1. The van der Waals surface area contributed by atoms with Crippen molar-refractivity contribution in [1.82, 2.24) is 10.3 Å². The van der Waals surface area contributed by atoms with Crippen LogP contribution in [0.2, 0.25) is 5.15 Å². The van der Waals surface area contributed by atoms with Gasteiger partial charge in [-0.05, 0) is 31.5 Å². The molecule has 2 aliphatic rings. The van der Waals surface area contributed by atoms with E-state index in [4.69, 9.17) is 11.6 Å². The van der Waals surface area contributed by atoms with Crippen molar-refractivity contribution in [3.05, 3.63) is 23.5 Å². The van der Waals surface area contributed by atoms with Gasteiger partial charge in [0, 0.05) is 18.6 Å². The molecule has 3 heterocycles. The van der Waals surface area contributed by atoms with Gasteiger partial charge in [0.25, 0.3) is 0 Å². The van der Waals surface area contributed by atoms with Gasteiger partial charge in [-0.2, -0.15) is 0 Å². The summed E-state index contributed by atoms with van der Waals surface area (Å²) in [5, 5.41) is 4.10. The van der Waals surface area contributed by atoms with Gasteiger partial charge in [0.15, 0.2) is 0 Å². The van der Waals surface area contributed by atoms with E-state index in [1.807, 2.05) is 12.3 Å². The van der Waals surface area contributed by atoms with Crippen LogP contribution >= 0.6 is 11.6 Å². The van der Waals surface area contributed by atoms with E-state index in [0.29, 0.717) is 17.2 Å². The Labute approximate surface area is 94.4 Å². The highest BCUT2D eigenvalue weighted by molar-refractivity contribution is 6.29. The molecule has 1 N–H and O–H groups in total. The zero-order chi connectivity index (χ0) is 10.3. The Bertz CT molecular complexity index is 351. The zero-order valence-corrected chi connectivity index (χ0v) is 9.24. The third-order valence-corrected chi connectivity index (χ3v) is 3.59. The number of piperidine rings is 1. The van der Waals surface area contributed by atoms with Gasteiger partial charge in [-0.25, -0.2) is 4.98 Å². The number of nitrogens with one attached hydrogen (secondary N) is 1. The summed E-state index contributed by atoms with van der Waals surface area (Å²) >= 11 is 5.79. The third-order valence-electron chi connectivity index (χ3n) is 3.37. The summed E-state index contributed by atoms with van der Waals surface area (Å²) in [7, 11) is 0. The Morgan fingerprint density at radius 1 is 1.47 bits per heavy atom. The van der Waals surface area contributed by atoms with Crippen LogP contribution in [0.25, 0.3) is 0 Å². The van der Waals surface area contributed by atoms with E-state index in [-0.39, 0.29) is 0 Å². The van der Waals surface area contributed by atoms with Crippen molar-refractivity contribution >= 4 is 17.3 Å². The minimum absolute atomic E-state index is 0.569. The lowest BCUT2D eigenvalue weighted by Gasteiger charge is -2.26. The first kappa shape index (κ1) is 9.43. The van der Waals surface area contributed by atoms with Crippen molar-refractivity contribution in [3.63, 3.8) is 0 Å². The molecule has 0 aliphatic carbocycles. The number of hydrogen-bond donors (Lipinski definition) is 1. The lowest BCUT2D eigenvalue weighted by molar-refractivity contribution is 0.449. The predicted octanol–water partition coefficient (Wildman–Crippen LogP) is 1.68. The number of hydrogen-bond acceptors (Lipinski definition) is 3. The summed E-state index contributed by atoms with van der Waals surface area (Å²) in [5.41, 5.74) is 1.20. The molecule has 2 atom stereocenters. The summed E-state index contributed by atoms with van der Waals surface area (Å²) in [6.07, 6.45) is 4.38. The summed E-state index contributed by atoms with van der Waals surface area (Å²) in [5.74, 6) is 0. The molecule has 0 saturated carbocycles. The molecule has 15 heavy (non-hydrogen) atoms. The fourth-order valence-corrected chi connectivity index (χ4v) is 2.76. The van der Waals surface area contributed by atoms with Crippen molar-refractivity contribution in [2.75, 3.05) is 18.0 Å². The van der Waals surface area contributed by atoms with Gasteiger partial charge in [0.2, 0.25) is 0 Å². The molecule has 0 amide bonds. The molecule has 2 bridgehead atoms. The van der Waals surface area contributed by atoms with Crippen LogP contribution in [0.3, 0.4) is 0 Å². The molecule has 0 unspecified atom stereocenters. The van der Waals surface area contributed by atoms with Crippen LogP contribution in [0.1, 0.15) is 12.8 Å². The molecule has 0 spiro atoms. The second-order valence-electron chi connectivity index (χ2n) is 4.32. The second kappa shape index (κ2) is 3.65. The van der Waals surface area contributed by atoms with E-state index in [2.05, 4.69) is 21.3 Å². The molecule has 2 aliphatic heterocycles. The molecule has 2 fully saturated rings. The molecule has 3 nitrogen and oxygen atoms in total. The average molecular weight is 224 g/mol. The number of fused-ring (bicyclic) bond motifs is 2. The van der Waals surface area contributed by atoms with E-state index in [9.17, 15) is 0 Å². The first-order chi connectivity index (χ1) is 7.33. The second-order valence-corrected chi connectivity index (χ2v) is 4.71. The lowest BCUT2D eigenvalue weighted by atomic mass is 10.1. The van der Waals surface area contributed by atoms with Gasteiger partial charge in [-0.15, -0.1) is 0 Å². The first-order valence-corrected chi connectivity index (χ1v) is 5.82. The highest BCUT2D eigenvalue weighted by atomic mass is 35.5. The standard InChI is InChI=1S/C11H14ClN3/c12-11-2-1-10(6-14-11)15-7-8-5-9(15)3-4-13-8/h1-2,6,8-9,13H,3-5,7H2/t8-,9+/m1/s1. The van der Waals surface area contributed by atoms with E-state index in [1.165, 1.54) is 18.5 Å². The van der Waals surface area contributed by atoms with Gasteiger partial charge in [0.05, 0.1) is 11.9 Å². The Kier molecular flexibility index (Phi) is 2.29. The summed E-state index contributed by atoms with van der Waals surface area (Å²) < 4.78 is 0. The first-order valence-electron chi connectivity index (χ1n) is 5.44. The molecule has 80 valence electrons. The van der Waals surface area contributed by atoms with Crippen LogP contribution in [-0.2, 0) is 0 Å². The Balaban J connectivity index is 1.85. The Morgan fingerprint density at radius 3 is 3.13 bits per heavy atom. The maximum absolute atomic E-state index is 5.79. The Hall–Kier alpha value is -0.800. The number of aromatic nitrogens is 1. The van der Waals surface area contributed by atoms with Gasteiger partial charge < -0.3 is 10.2 Å². The minimum Gasteiger partial charge on any atom is -0.366 e. The molecule has 0 aromatic carbocycles. The van der Waals surface area contributed by atoms with Crippen molar-refractivity contribution < 1.29 is 0 Å². The summed E-state index contributed by atoms with van der Waals surface area (Å²) in [6.45, 7) is 2.25. The smallest absolute Gasteiger partial charge is 0.129 e. The van der Waals surface area contributed by atoms with E-state index >= 15 is 0 Å². The maximum atomic E-state index is 5.79. The zero-order valence-electron chi connectivity index (χ0n) is 8.49. The van der Waals surface area contributed by atoms with Crippen molar-refractivity contribution in [2.45, 2.75) is 24.9 Å². The van der Waals surface area contributed by atoms with Crippen LogP contribution < -0.4 is 10.2 Å². The lowest BCUT2D eigenvalue weighted by Crippen LogP contribution is -2.35. The topological polar surface area (TPSA) is 28.2 Å².